The summed E-state index contributed by atoms with van der Waals surface area (Å²) in [6, 6.07) is 9.95. The molecule has 0 amide bonds. The SMILES string of the molecule is Cc1cc(Cl)cc(C)c1Oc1ccc(C(=O)O)cc1. The number of carboxylic acid groups (broad SMARTS) is 1. The third kappa shape index (κ3) is 3.06. The number of halogens is 1. The minimum atomic E-state index is -0.953. The first-order valence-electron chi connectivity index (χ1n) is 5.75. The summed E-state index contributed by atoms with van der Waals surface area (Å²) in [5, 5.41) is 9.50. The lowest BCUT2D eigenvalue weighted by Crippen LogP contribution is -1.96. The molecule has 0 saturated heterocycles. The Morgan fingerprint density at radius 2 is 1.63 bits per heavy atom. The highest BCUT2D eigenvalue weighted by atomic mass is 35.5. The molecule has 0 bridgehead atoms. The van der Waals surface area contributed by atoms with Crippen molar-refractivity contribution in [2.75, 3.05) is 0 Å². The lowest BCUT2D eigenvalue weighted by Gasteiger charge is -2.12. The van der Waals surface area contributed by atoms with Crippen LogP contribution in [0, 0.1) is 13.8 Å². The summed E-state index contributed by atoms with van der Waals surface area (Å²) >= 11 is 5.96. The monoisotopic (exact) mass is 276 g/mol. The van der Waals surface area contributed by atoms with Gasteiger partial charge in [0, 0.05) is 5.02 Å². The Hall–Kier alpha value is -2.00. The van der Waals surface area contributed by atoms with Gasteiger partial charge in [0.25, 0.3) is 0 Å². The fraction of sp³-hybridized carbons (Fsp3) is 0.133. The fourth-order valence-electron chi connectivity index (χ4n) is 1.84. The molecule has 3 nitrogen and oxygen atoms in total. The lowest BCUT2D eigenvalue weighted by molar-refractivity contribution is 0.0697. The van der Waals surface area contributed by atoms with Gasteiger partial charge < -0.3 is 9.84 Å². The zero-order valence-electron chi connectivity index (χ0n) is 10.6. The molecule has 0 heterocycles. The van der Waals surface area contributed by atoms with Crippen LogP contribution in [0.25, 0.3) is 0 Å². The number of ether oxygens (including phenoxy) is 1. The molecule has 4 heteroatoms. The van der Waals surface area contributed by atoms with Crippen molar-refractivity contribution in [2.24, 2.45) is 0 Å². The second-order valence-electron chi connectivity index (χ2n) is 4.30. The van der Waals surface area contributed by atoms with E-state index in [4.69, 9.17) is 21.4 Å². The quantitative estimate of drug-likeness (QED) is 0.901. The summed E-state index contributed by atoms with van der Waals surface area (Å²) in [6.45, 7) is 3.83. The molecule has 0 aliphatic carbocycles. The van der Waals surface area contributed by atoms with E-state index in [9.17, 15) is 4.79 Å². The Morgan fingerprint density at radius 1 is 1.11 bits per heavy atom. The molecule has 0 radical (unpaired) electrons. The van der Waals surface area contributed by atoms with Gasteiger partial charge in [0.05, 0.1) is 5.56 Å². The van der Waals surface area contributed by atoms with Gasteiger partial charge in [-0.05, 0) is 61.4 Å². The summed E-state index contributed by atoms with van der Waals surface area (Å²) in [4.78, 5) is 10.8. The van der Waals surface area contributed by atoms with Crippen molar-refractivity contribution in [1.29, 1.82) is 0 Å². The highest BCUT2D eigenvalue weighted by molar-refractivity contribution is 6.30. The number of carboxylic acids is 1. The van der Waals surface area contributed by atoms with E-state index >= 15 is 0 Å². The van der Waals surface area contributed by atoms with Gasteiger partial charge in [-0.25, -0.2) is 4.79 Å². The van der Waals surface area contributed by atoms with Crippen molar-refractivity contribution in [3.05, 3.63) is 58.1 Å². The van der Waals surface area contributed by atoms with Crippen LogP contribution in [0.4, 0.5) is 0 Å². The van der Waals surface area contributed by atoms with Gasteiger partial charge in [0.1, 0.15) is 11.5 Å². The Kier molecular flexibility index (Phi) is 3.76. The number of hydrogen-bond donors (Lipinski definition) is 1. The summed E-state index contributed by atoms with van der Waals surface area (Å²) in [5.74, 6) is 0.386. The normalized spacial score (nSPS) is 10.3. The summed E-state index contributed by atoms with van der Waals surface area (Å²) in [5.41, 5.74) is 2.11. The Morgan fingerprint density at radius 3 is 2.11 bits per heavy atom. The zero-order valence-corrected chi connectivity index (χ0v) is 11.4. The van der Waals surface area contributed by atoms with Crippen molar-refractivity contribution in [3.63, 3.8) is 0 Å². The fourth-order valence-corrected chi connectivity index (χ4v) is 2.17. The molecule has 0 saturated carbocycles. The minimum Gasteiger partial charge on any atom is -0.478 e. The molecule has 0 fully saturated rings. The van der Waals surface area contributed by atoms with Gasteiger partial charge in [0.15, 0.2) is 0 Å². The number of rotatable bonds is 3. The maximum Gasteiger partial charge on any atom is 0.335 e. The maximum atomic E-state index is 10.8. The van der Waals surface area contributed by atoms with Gasteiger partial charge in [-0.1, -0.05) is 11.6 Å². The number of aromatic carboxylic acids is 1. The van der Waals surface area contributed by atoms with E-state index in [0.717, 1.165) is 16.9 Å². The predicted molar refractivity (Wildman–Crippen MR) is 74.4 cm³/mol. The second-order valence-corrected chi connectivity index (χ2v) is 4.74. The summed E-state index contributed by atoms with van der Waals surface area (Å²) in [6.07, 6.45) is 0. The first kappa shape index (κ1) is 13.4. The first-order chi connectivity index (χ1) is 8.97. The van der Waals surface area contributed by atoms with Crippen LogP contribution in [0.2, 0.25) is 5.02 Å². The van der Waals surface area contributed by atoms with Crippen LogP contribution in [0.1, 0.15) is 21.5 Å². The molecule has 0 aliphatic rings. The third-order valence-electron chi connectivity index (χ3n) is 2.75. The molecule has 2 rings (SSSR count). The van der Waals surface area contributed by atoms with E-state index in [0.29, 0.717) is 10.8 Å². The highest BCUT2D eigenvalue weighted by Crippen LogP contribution is 2.31. The van der Waals surface area contributed by atoms with Gasteiger partial charge >= 0.3 is 5.97 Å². The van der Waals surface area contributed by atoms with Crippen molar-refractivity contribution in [3.8, 4) is 11.5 Å². The number of benzene rings is 2. The van der Waals surface area contributed by atoms with Crippen LogP contribution >= 0.6 is 11.6 Å². The van der Waals surface area contributed by atoms with Crippen LogP contribution in [-0.2, 0) is 0 Å². The molecule has 0 unspecified atom stereocenters. The van der Waals surface area contributed by atoms with E-state index in [1.54, 1.807) is 12.1 Å². The largest absolute Gasteiger partial charge is 0.478 e. The molecule has 2 aromatic rings. The van der Waals surface area contributed by atoms with E-state index < -0.39 is 5.97 Å². The zero-order chi connectivity index (χ0) is 14.0. The van der Waals surface area contributed by atoms with Gasteiger partial charge in [-0.2, -0.15) is 0 Å². The predicted octanol–water partition coefficient (Wildman–Crippen LogP) is 4.45. The molecule has 1 N–H and O–H groups in total. The average molecular weight is 277 g/mol. The first-order valence-corrected chi connectivity index (χ1v) is 6.13. The average Bonchev–Trinajstić information content (AvgIpc) is 2.34. The van der Waals surface area contributed by atoms with E-state index in [1.165, 1.54) is 12.1 Å². The van der Waals surface area contributed by atoms with E-state index in [1.807, 2.05) is 26.0 Å². The molecular weight excluding hydrogens is 264 g/mol. The van der Waals surface area contributed by atoms with Crippen molar-refractivity contribution < 1.29 is 14.6 Å². The van der Waals surface area contributed by atoms with Crippen molar-refractivity contribution >= 4 is 17.6 Å². The van der Waals surface area contributed by atoms with Crippen LogP contribution in [0.15, 0.2) is 36.4 Å². The molecule has 0 atom stereocenters. The van der Waals surface area contributed by atoms with Gasteiger partial charge in [-0.15, -0.1) is 0 Å². The van der Waals surface area contributed by atoms with Crippen LogP contribution < -0.4 is 4.74 Å². The number of carbonyl (C=O) groups is 1. The van der Waals surface area contributed by atoms with Gasteiger partial charge in [0.2, 0.25) is 0 Å². The van der Waals surface area contributed by atoms with Crippen molar-refractivity contribution in [1.82, 2.24) is 0 Å². The van der Waals surface area contributed by atoms with Crippen LogP contribution in [0.5, 0.6) is 11.5 Å². The second kappa shape index (κ2) is 5.33. The Labute approximate surface area is 116 Å². The molecule has 2 aromatic carbocycles. The molecular formula is C15H13ClO3. The standard InChI is InChI=1S/C15H13ClO3/c1-9-7-12(16)8-10(2)14(9)19-13-5-3-11(4-6-13)15(17)18/h3-8H,1-2H3,(H,17,18). The molecule has 0 spiro atoms. The topological polar surface area (TPSA) is 46.5 Å². The smallest absolute Gasteiger partial charge is 0.335 e. The highest BCUT2D eigenvalue weighted by Gasteiger charge is 2.08. The molecule has 0 aromatic heterocycles. The van der Waals surface area contributed by atoms with Gasteiger partial charge in [-0.3, -0.25) is 0 Å². The Balaban J connectivity index is 2.29. The third-order valence-corrected chi connectivity index (χ3v) is 2.96. The minimum absolute atomic E-state index is 0.233. The number of aryl methyl sites for hydroxylation is 2. The lowest BCUT2D eigenvalue weighted by atomic mass is 10.1. The molecule has 98 valence electrons. The maximum absolute atomic E-state index is 10.8. The van der Waals surface area contributed by atoms with E-state index in [-0.39, 0.29) is 5.56 Å². The summed E-state index contributed by atoms with van der Waals surface area (Å²) < 4.78 is 5.78. The van der Waals surface area contributed by atoms with Crippen LogP contribution in [0.3, 0.4) is 0 Å². The number of hydrogen-bond acceptors (Lipinski definition) is 2. The van der Waals surface area contributed by atoms with Crippen LogP contribution in [-0.4, -0.2) is 11.1 Å². The molecule has 19 heavy (non-hydrogen) atoms. The summed E-state index contributed by atoms with van der Waals surface area (Å²) in [7, 11) is 0. The molecule has 0 aliphatic heterocycles. The van der Waals surface area contributed by atoms with Crippen molar-refractivity contribution in [2.45, 2.75) is 13.8 Å². The Bertz CT molecular complexity index is 595. The van der Waals surface area contributed by atoms with E-state index in [2.05, 4.69) is 0 Å².